The molecule has 28 heavy (non-hydrogen) atoms. The number of hydrogen-bond donors (Lipinski definition) is 3. The van der Waals surface area contributed by atoms with Crippen LogP contribution in [0, 0.1) is 6.92 Å². The Labute approximate surface area is 160 Å². The molecular formula is C19H17N7O2. The van der Waals surface area contributed by atoms with Gasteiger partial charge in [-0.25, -0.2) is 14.8 Å². The van der Waals surface area contributed by atoms with E-state index in [-0.39, 0.29) is 12.6 Å². The van der Waals surface area contributed by atoms with E-state index in [1.165, 1.54) is 0 Å². The number of oxazole rings is 1. The summed E-state index contributed by atoms with van der Waals surface area (Å²) in [5.41, 5.74) is 3.05. The highest BCUT2D eigenvalue weighted by atomic mass is 16.3. The fourth-order valence-corrected chi connectivity index (χ4v) is 2.56. The van der Waals surface area contributed by atoms with Gasteiger partial charge in [0.05, 0.1) is 12.2 Å². The van der Waals surface area contributed by atoms with Crippen molar-refractivity contribution in [3.05, 3.63) is 66.6 Å². The molecule has 140 valence electrons. The zero-order valence-corrected chi connectivity index (χ0v) is 15.0. The highest BCUT2D eigenvalue weighted by molar-refractivity contribution is 5.89. The maximum Gasteiger partial charge on any atom is 0.319 e. The maximum absolute atomic E-state index is 12.2. The second-order valence-electron chi connectivity index (χ2n) is 6.02. The molecule has 0 saturated carbocycles. The van der Waals surface area contributed by atoms with Crippen molar-refractivity contribution in [2.45, 2.75) is 13.5 Å². The van der Waals surface area contributed by atoms with Gasteiger partial charge in [0.1, 0.15) is 12.1 Å². The van der Waals surface area contributed by atoms with Crippen LogP contribution in [0.25, 0.3) is 22.8 Å². The number of carbonyl (C=O) groups excluding carboxylic acids is 1. The lowest BCUT2D eigenvalue weighted by Gasteiger charge is -2.07. The average Bonchev–Trinajstić information content (AvgIpc) is 3.36. The SMILES string of the molecule is Cc1coc(-c2cccc(NC(=O)NCc3nc(-c4ccncc4)n[nH]3)c2)n1. The van der Waals surface area contributed by atoms with Gasteiger partial charge in [-0.15, -0.1) is 0 Å². The van der Waals surface area contributed by atoms with Crippen molar-refractivity contribution in [1.29, 1.82) is 0 Å². The van der Waals surface area contributed by atoms with E-state index in [2.05, 4.69) is 35.8 Å². The van der Waals surface area contributed by atoms with Crippen molar-refractivity contribution >= 4 is 11.7 Å². The van der Waals surface area contributed by atoms with Gasteiger partial charge in [0.25, 0.3) is 0 Å². The van der Waals surface area contributed by atoms with Crippen LogP contribution in [0.5, 0.6) is 0 Å². The Balaban J connectivity index is 1.36. The molecule has 0 aliphatic rings. The lowest BCUT2D eigenvalue weighted by molar-refractivity contribution is 0.251. The van der Waals surface area contributed by atoms with E-state index in [9.17, 15) is 4.79 Å². The number of amides is 2. The molecule has 4 aromatic rings. The Morgan fingerprint density at radius 2 is 2.00 bits per heavy atom. The number of nitrogens with zero attached hydrogens (tertiary/aromatic N) is 4. The summed E-state index contributed by atoms with van der Waals surface area (Å²) in [6, 6.07) is 10.5. The Morgan fingerprint density at radius 3 is 2.79 bits per heavy atom. The van der Waals surface area contributed by atoms with Crippen LogP contribution in [0.2, 0.25) is 0 Å². The molecule has 4 rings (SSSR count). The Morgan fingerprint density at radius 1 is 1.14 bits per heavy atom. The number of pyridine rings is 1. The van der Waals surface area contributed by atoms with Crippen molar-refractivity contribution in [2.24, 2.45) is 0 Å². The molecule has 0 radical (unpaired) electrons. The summed E-state index contributed by atoms with van der Waals surface area (Å²) < 4.78 is 5.39. The second-order valence-corrected chi connectivity index (χ2v) is 6.02. The number of nitrogens with one attached hydrogen (secondary N) is 3. The predicted octanol–water partition coefficient (Wildman–Crippen LogP) is 3.15. The Kier molecular flexibility index (Phi) is 4.79. The van der Waals surface area contributed by atoms with Crippen LogP contribution in [-0.2, 0) is 6.54 Å². The Bertz CT molecular complexity index is 1090. The van der Waals surface area contributed by atoms with Crippen molar-refractivity contribution in [3.63, 3.8) is 0 Å². The normalized spacial score (nSPS) is 10.6. The first-order valence-electron chi connectivity index (χ1n) is 8.56. The molecular weight excluding hydrogens is 358 g/mol. The molecule has 0 fully saturated rings. The van der Waals surface area contributed by atoms with Crippen LogP contribution < -0.4 is 10.6 Å². The monoisotopic (exact) mass is 375 g/mol. The molecule has 3 N–H and O–H groups in total. The summed E-state index contributed by atoms with van der Waals surface area (Å²) in [7, 11) is 0. The minimum Gasteiger partial charge on any atom is -0.444 e. The van der Waals surface area contributed by atoms with Crippen molar-refractivity contribution in [2.75, 3.05) is 5.32 Å². The molecule has 0 spiro atoms. The van der Waals surface area contributed by atoms with Gasteiger partial charge in [-0.1, -0.05) is 6.07 Å². The van der Waals surface area contributed by atoms with E-state index in [0.717, 1.165) is 16.8 Å². The molecule has 0 saturated heterocycles. The molecule has 0 bridgehead atoms. The average molecular weight is 375 g/mol. The van der Waals surface area contributed by atoms with Crippen LogP contribution in [-0.4, -0.2) is 31.2 Å². The number of hydrogen-bond acceptors (Lipinski definition) is 6. The summed E-state index contributed by atoms with van der Waals surface area (Å²) in [6.07, 6.45) is 4.93. The lowest BCUT2D eigenvalue weighted by atomic mass is 10.2. The summed E-state index contributed by atoms with van der Waals surface area (Å²) in [6.45, 7) is 2.06. The smallest absolute Gasteiger partial charge is 0.319 e. The van der Waals surface area contributed by atoms with Gasteiger partial charge in [-0.05, 0) is 37.3 Å². The molecule has 0 aliphatic heterocycles. The lowest BCUT2D eigenvalue weighted by Crippen LogP contribution is -2.28. The fourth-order valence-electron chi connectivity index (χ4n) is 2.56. The minimum atomic E-state index is -0.359. The van der Waals surface area contributed by atoms with Gasteiger partial charge in [0.15, 0.2) is 5.82 Å². The first-order valence-corrected chi connectivity index (χ1v) is 8.56. The summed E-state index contributed by atoms with van der Waals surface area (Å²) in [5, 5.41) is 12.5. The summed E-state index contributed by atoms with van der Waals surface area (Å²) >= 11 is 0. The van der Waals surface area contributed by atoms with E-state index in [0.29, 0.717) is 23.2 Å². The van der Waals surface area contributed by atoms with Crippen LogP contribution in [0.15, 0.2) is 59.5 Å². The molecule has 3 aromatic heterocycles. The van der Waals surface area contributed by atoms with Crippen LogP contribution >= 0.6 is 0 Å². The molecule has 2 amide bonds. The largest absolute Gasteiger partial charge is 0.444 e. The number of carbonyl (C=O) groups is 1. The quantitative estimate of drug-likeness (QED) is 0.493. The van der Waals surface area contributed by atoms with Crippen molar-refractivity contribution < 1.29 is 9.21 Å². The number of aromatic amines is 1. The van der Waals surface area contributed by atoms with Gasteiger partial charge in [-0.2, -0.15) is 5.10 Å². The molecule has 3 heterocycles. The number of benzene rings is 1. The molecule has 0 atom stereocenters. The van der Waals surface area contributed by atoms with Crippen LogP contribution in [0.1, 0.15) is 11.5 Å². The third kappa shape index (κ3) is 4.04. The van der Waals surface area contributed by atoms with Gasteiger partial charge < -0.3 is 15.1 Å². The van der Waals surface area contributed by atoms with E-state index < -0.39 is 0 Å². The molecule has 9 heteroatoms. The van der Waals surface area contributed by atoms with Gasteiger partial charge >= 0.3 is 6.03 Å². The minimum absolute atomic E-state index is 0.211. The molecule has 0 unspecified atom stereocenters. The summed E-state index contributed by atoms with van der Waals surface area (Å²) in [5.74, 6) is 1.60. The zero-order valence-electron chi connectivity index (χ0n) is 15.0. The van der Waals surface area contributed by atoms with E-state index >= 15 is 0 Å². The molecule has 0 aliphatic carbocycles. The topological polar surface area (TPSA) is 122 Å². The number of rotatable bonds is 5. The number of aromatic nitrogens is 5. The number of urea groups is 1. The Hall–Kier alpha value is -4.01. The highest BCUT2D eigenvalue weighted by Gasteiger charge is 2.09. The predicted molar refractivity (Wildman–Crippen MR) is 102 cm³/mol. The fraction of sp³-hybridized carbons (Fsp3) is 0.105. The number of aryl methyl sites for hydroxylation is 1. The highest BCUT2D eigenvalue weighted by Crippen LogP contribution is 2.22. The van der Waals surface area contributed by atoms with E-state index in [4.69, 9.17) is 4.42 Å². The van der Waals surface area contributed by atoms with Crippen molar-refractivity contribution in [3.8, 4) is 22.8 Å². The van der Waals surface area contributed by atoms with Crippen LogP contribution in [0.4, 0.5) is 10.5 Å². The standard InChI is InChI=1S/C19H17N7O2/c1-12-11-28-18(22-12)14-3-2-4-15(9-14)23-19(27)21-10-16-24-17(26-25-16)13-5-7-20-8-6-13/h2-9,11H,10H2,1H3,(H2,21,23,27)(H,24,25,26). The second kappa shape index (κ2) is 7.70. The third-order valence-corrected chi connectivity index (χ3v) is 3.87. The van der Waals surface area contributed by atoms with Gasteiger partial charge in [0.2, 0.25) is 5.89 Å². The molecule has 1 aromatic carbocycles. The first kappa shape index (κ1) is 17.4. The van der Waals surface area contributed by atoms with E-state index in [1.807, 2.05) is 31.2 Å². The summed E-state index contributed by atoms with van der Waals surface area (Å²) in [4.78, 5) is 24.8. The van der Waals surface area contributed by atoms with Gasteiger partial charge in [0, 0.05) is 29.2 Å². The number of anilines is 1. The number of H-pyrrole nitrogens is 1. The molecule has 9 nitrogen and oxygen atoms in total. The maximum atomic E-state index is 12.2. The van der Waals surface area contributed by atoms with Gasteiger partial charge in [-0.3, -0.25) is 10.1 Å². The van der Waals surface area contributed by atoms with Crippen molar-refractivity contribution in [1.82, 2.24) is 30.5 Å². The third-order valence-electron chi connectivity index (χ3n) is 3.87. The first-order chi connectivity index (χ1) is 13.7. The van der Waals surface area contributed by atoms with Crippen LogP contribution in [0.3, 0.4) is 0 Å². The zero-order chi connectivity index (χ0) is 19.3. The van der Waals surface area contributed by atoms with E-state index in [1.54, 1.807) is 30.8 Å².